The van der Waals surface area contributed by atoms with E-state index in [2.05, 4.69) is 42.4 Å². The summed E-state index contributed by atoms with van der Waals surface area (Å²) in [7, 11) is 0. The second-order valence-electron chi connectivity index (χ2n) is 5.34. The molecule has 0 amide bonds. The Balaban J connectivity index is 2.04. The lowest BCUT2D eigenvalue weighted by Gasteiger charge is -2.35. The number of nitrogens with zero attached hydrogens (tertiary/aromatic N) is 1. The first kappa shape index (κ1) is 12.1. The van der Waals surface area contributed by atoms with Gasteiger partial charge < -0.3 is 5.32 Å². The van der Waals surface area contributed by atoms with E-state index in [1.54, 1.807) is 4.88 Å². The Morgan fingerprint density at radius 1 is 1.38 bits per heavy atom. The molecule has 2 heterocycles. The summed E-state index contributed by atoms with van der Waals surface area (Å²) >= 11 is 1.90. The molecule has 0 bridgehead atoms. The van der Waals surface area contributed by atoms with Gasteiger partial charge in [0.15, 0.2) is 0 Å². The summed E-state index contributed by atoms with van der Waals surface area (Å²) in [6.45, 7) is 12.8. The number of nitrogens with one attached hydrogen (secondary N) is 1. The van der Waals surface area contributed by atoms with Crippen LogP contribution in [0.4, 0.5) is 0 Å². The van der Waals surface area contributed by atoms with Crippen LogP contribution < -0.4 is 5.32 Å². The van der Waals surface area contributed by atoms with Crippen LogP contribution in [0.3, 0.4) is 0 Å². The Morgan fingerprint density at radius 3 is 2.62 bits per heavy atom. The van der Waals surface area contributed by atoms with E-state index in [0.29, 0.717) is 0 Å². The van der Waals surface area contributed by atoms with Gasteiger partial charge in [0.25, 0.3) is 0 Å². The maximum absolute atomic E-state index is 3.41. The number of hydrogen-bond acceptors (Lipinski definition) is 3. The fourth-order valence-corrected chi connectivity index (χ4v) is 3.61. The van der Waals surface area contributed by atoms with E-state index in [4.69, 9.17) is 0 Å². The summed E-state index contributed by atoms with van der Waals surface area (Å²) < 4.78 is 0. The minimum atomic E-state index is 0.287. The summed E-state index contributed by atoms with van der Waals surface area (Å²) in [6, 6.07) is 2.24. The Labute approximate surface area is 103 Å². The van der Waals surface area contributed by atoms with Crippen molar-refractivity contribution in [2.24, 2.45) is 0 Å². The van der Waals surface area contributed by atoms with Gasteiger partial charge in [0.05, 0.1) is 0 Å². The van der Waals surface area contributed by atoms with Gasteiger partial charge in [0.1, 0.15) is 0 Å². The van der Waals surface area contributed by atoms with E-state index in [9.17, 15) is 0 Å². The van der Waals surface area contributed by atoms with E-state index in [1.807, 2.05) is 11.3 Å². The van der Waals surface area contributed by atoms with Gasteiger partial charge in [-0.1, -0.05) is 13.8 Å². The fourth-order valence-electron chi connectivity index (χ4n) is 2.57. The number of hydrogen-bond donors (Lipinski definition) is 1. The Kier molecular flexibility index (Phi) is 3.67. The first-order valence-electron chi connectivity index (χ1n) is 6.07. The second-order valence-corrected chi connectivity index (χ2v) is 6.26. The highest BCUT2D eigenvalue weighted by atomic mass is 32.1. The van der Waals surface area contributed by atoms with Crippen molar-refractivity contribution in [3.8, 4) is 0 Å². The average molecular weight is 238 g/mol. The minimum Gasteiger partial charge on any atom is -0.314 e. The maximum atomic E-state index is 3.41. The predicted octanol–water partition coefficient (Wildman–Crippen LogP) is 2.24. The highest BCUT2D eigenvalue weighted by Gasteiger charge is 2.27. The third kappa shape index (κ3) is 2.65. The van der Waals surface area contributed by atoms with Crippen LogP contribution in [-0.2, 0) is 5.41 Å². The lowest BCUT2D eigenvalue weighted by molar-refractivity contribution is 0.201. The molecule has 1 saturated heterocycles. The van der Waals surface area contributed by atoms with Crippen LogP contribution in [0.5, 0.6) is 0 Å². The third-order valence-electron chi connectivity index (χ3n) is 3.31. The molecule has 1 fully saturated rings. The molecular formula is C13H22N2S. The summed E-state index contributed by atoms with van der Waals surface area (Å²) in [5.74, 6) is 0. The lowest BCUT2D eigenvalue weighted by Crippen LogP contribution is -2.47. The van der Waals surface area contributed by atoms with Crippen LogP contribution in [-0.4, -0.2) is 37.6 Å². The van der Waals surface area contributed by atoms with E-state index in [1.165, 1.54) is 25.2 Å². The van der Waals surface area contributed by atoms with Crippen molar-refractivity contribution in [1.29, 1.82) is 0 Å². The number of thiophene rings is 1. The summed E-state index contributed by atoms with van der Waals surface area (Å²) in [5, 5.41) is 5.62. The maximum Gasteiger partial charge on any atom is 0.0143 e. The van der Waals surface area contributed by atoms with Gasteiger partial charge in [-0.3, -0.25) is 4.90 Å². The predicted molar refractivity (Wildman–Crippen MR) is 71.4 cm³/mol. The lowest BCUT2D eigenvalue weighted by atomic mass is 9.88. The largest absolute Gasteiger partial charge is 0.314 e. The van der Waals surface area contributed by atoms with Gasteiger partial charge in [-0.05, 0) is 23.9 Å². The number of aryl methyl sites for hydroxylation is 1. The first-order valence-corrected chi connectivity index (χ1v) is 6.95. The smallest absolute Gasteiger partial charge is 0.0143 e. The molecule has 16 heavy (non-hydrogen) atoms. The molecule has 1 aliphatic rings. The van der Waals surface area contributed by atoms with Crippen molar-refractivity contribution < 1.29 is 0 Å². The summed E-state index contributed by atoms with van der Waals surface area (Å²) in [6.07, 6.45) is 0. The van der Waals surface area contributed by atoms with Crippen LogP contribution in [0.15, 0.2) is 11.4 Å². The molecule has 0 aliphatic carbocycles. The van der Waals surface area contributed by atoms with Gasteiger partial charge >= 0.3 is 0 Å². The van der Waals surface area contributed by atoms with Gasteiger partial charge in [0.2, 0.25) is 0 Å². The van der Waals surface area contributed by atoms with E-state index in [-0.39, 0.29) is 5.41 Å². The molecule has 1 aromatic heterocycles. The minimum absolute atomic E-state index is 0.287. The van der Waals surface area contributed by atoms with Crippen LogP contribution in [0.1, 0.15) is 24.3 Å². The Bertz CT molecular complexity index is 337. The third-order valence-corrected chi connectivity index (χ3v) is 4.69. The van der Waals surface area contributed by atoms with E-state index < -0.39 is 0 Å². The normalized spacial score (nSPS) is 18.9. The van der Waals surface area contributed by atoms with E-state index in [0.717, 1.165) is 13.1 Å². The fraction of sp³-hybridized carbons (Fsp3) is 0.692. The van der Waals surface area contributed by atoms with Crippen molar-refractivity contribution in [3.63, 3.8) is 0 Å². The van der Waals surface area contributed by atoms with Gasteiger partial charge in [-0.25, -0.2) is 0 Å². The quantitative estimate of drug-likeness (QED) is 0.869. The molecule has 0 radical (unpaired) electrons. The highest BCUT2D eigenvalue weighted by molar-refractivity contribution is 7.10. The molecule has 2 nitrogen and oxygen atoms in total. The molecule has 1 aromatic rings. The second kappa shape index (κ2) is 4.86. The Morgan fingerprint density at radius 2 is 2.06 bits per heavy atom. The molecule has 0 saturated carbocycles. The Hall–Kier alpha value is -0.380. The van der Waals surface area contributed by atoms with Gasteiger partial charge in [-0.2, -0.15) is 0 Å². The zero-order chi connectivity index (χ0) is 11.6. The topological polar surface area (TPSA) is 15.3 Å². The van der Waals surface area contributed by atoms with Crippen LogP contribution in [0.25, 0.3) is 0 Å². The van der Waals surface area contributed by atoms with Gasteiger partial charge in [0, 0.05) is 43.0 Å². The standard InChI is InChI=1S/C13H22N2S/c1-11-4-9-16-12(11)13(2,3)10-15-7-5-14-6-8-15/h4,9,14H,5-8,10H2,1-3H3. The molecule has 0 spiro atoms. The van der Waals surface area contributed by atoms with Crippen molar-refractivity contribution in [2.45, 2.75) is 26.2 Å². The molecular weight excluding hydrogens is 216 g/mol. The zero-order valence-electron chi connectivity index (χ0n) is 10.5. The molecule has 3 heteroatoms. The molecule has 90 valence electrons. The zero-order valence-corrected chi connectivity index (χ0v) is 11.4. The van der Waals surface area contributed by atoms with Crippen molar-refractivity contribution in [1.82, 2.24) is 10.2 Å². The number of rotatable bonds is 3. The van der Waals surface area contributed by atoms with Gasteiger partial charge in [-0.15, -0.1) is 11.3 Å². The van der Waals surface area contributed by atoms with Crippen molar-refractivity contribution in [2.75, 3.05) is 32.7 Å². The SMILES string of the molecule is Cc1ccsc1C(C)(C)CN1CCNCC1. The summed E-state index contributed by atoms with van der Waals surface area (Å²) in [5.41, 5.74) is 1.74. The molecule has 1 N–H and O–H groups in total. The highest BCUT2D eigenvalue weighted by Crippen LogP contribution is 2.31. The van der Waals surface area contributed by atoms with E-state index >= 15 is 0 Å². The molecule has 2 rings (SSSR count). The summed E-state index contributed by atoms with van der Waals surface area (Å²) in [4.78, 5) is 4.13. The molecule has 0 aromatic carbocycles. The first-order chi connectivity index (χ1) is 7.59. The average Bonchev–Trinajstić information content (AvgIpc) is 2.66. The van der Waals surface area contributed by atoms with Crippen LogP contribution in [0, 0.1) is 6.92 Å². The van der Waals surface area contributed by atoms with Crippen LogP contribution >= 0.6 is 11.3 Å². The molecule has 0 atom stereocenters. The van der Waals surface area contributed by atoms with Crippen molar-refractivity contribution >= 4 is 11.3 Å². The number of piperazine rings is 1. The van der Waals surface area contributed by atoms with Crippen LogP contribution in [0.2, 0.25) is 0 Å². The monoisotopic (exact) mass is 238 g/mol. The molecule has 1 aliphatic heterocycles. The molecule has 0 unspecified atom stereocenters. The van der Waals surface area contributed by atoms with Crippen molar-refractivity contribution in [3.05, 3.63) is 21.9 Å².